The summed E-state index contributed by atoms with van der Waals surface area (Å²) in [5, 5.41) is 12.2. The van der Waals surface area contributed by atoms with E-state index in [1.54, 1.807) is 0 Å². The normalized spacial score (nSPS) is 16.5. The van der Waals surface area contributed by atoms with E-state index in [0.717, 1.165) is 23.4 Å². The largest absolute Gasteiger partial charge is 0.374 e. The van der Waals surface area contributed by atoms with Crippen molar-refractivity contribution < 1.29 is 4.79 Å². The van der Waals surface area contributed by atoms with E-state index in [4.69, 9.17) is 5.73 Å². The zero-order valence-corrected chi connectivity index (χ0v) is 13.2. The van der Waals surface area contributed by atoms with Crippen molar-refractivity contribution in [3.8, 4) is 0 Å². The van der Waals surface area contributed by atoms with Crippen LogP contribution in [0.5, 0.6) is 0 Å². The molecule has 0 aliphatic heterocycles. The van der Waals surface area contributed by atoms with E-state index in [1.165, 1.54) is 24.2 Å². The highest BCUT2D eigenvalue weighted by atomic mass is 32.1. The fraction of sp³-hybridized carbons (Fsp3) is 0.438. The van der Waals surface area contributed by atoms with Gasteiger partial charge in [-0.05, 0) is 24.3 Å². The van der Waals surface area contributed by atoms with Crippen molar-refractivity contribution in [3.05, 3.63) is 40.9 Å². The van der Waals surface area contributed by atoms with E-state index in [0.29, 0.717) is 17.5 Å². The number of hydrogen-bond acceptors (Lipinski definition) is 5. The molecule has 3 N–H and O–H groups in total. The van der Waals surface area contributed by atoms with E-state index in [9.17, 15) is 4.79 Å². The number of nitrogen functional groups attached to an aromatic ring is 1. The van der Waals surface area contributed by atoms with Crippen molar-refractivity contribution >= 4 is 22.4 Å². The van der Waals surface area contributed by atoms with Crippen LogP contribution in [0.2, 0.25) is 0 Å². The van der Waals surface area contributed by atoms with Crippen LogP contribution < -0.4 is 11.1 Å². The third-order valence-corrected chi connectivity index (χ3v) is 4.91. The summed E-state index contributed by atoms with van der Waals surface area (Å²) in [5.74, 6) is 0.602. The summed E-state index contributed by atoms with van der Waals surface area (Å²) < 4.78 is 0. The Kier molecular flexibility index (Phi) is 4.68. The van der Waals surface area contributed by atoms with Crippen LogP contribution in [0, 0.1) is 5.92 Å². The third-order valence-electron chi connectivity index (χ3n) is 4.09. The molecule has 1 fully saturated rings. The molecule has 1 amide bonds. The molecule has 6 heteroatoms. The summed E-state index contributed by atoms with van der Waals surface area (Å²) in [6, 6.07) is 9.56. The Hall–Kier alpha value is -1.95. The van der Waals surface area contributed by atoms with Crippen molar-refractivity contribution in [2.75, 3.05) is 5.73 Å². The monoisotopic (exact) mass is 316 g/mol. The molecule has 2 aromatic rings. The van der Waals surface area contributed by atoms with E-state index in [-0.39, 0.29) is 11.9 Å². The molecule has 0 radical (unpaired) electrons. The molecule has 1 atom stereocenters. The molecular weight excluding hydrogens is 296 g/mol. The number of aromatic nitrogens is 2. The number of rotatable bonds is 5. The van der Waals surface area contributed by atoms with Gasteiger partial charge in [-0.2, -0.15) is 0 Å². The molecule has 1 aliphatic carbocycles. The Morgan fingerprint density at radius 2 is 2.00 bits per heavy atom. The lowest BCUT2D eigenvalue weighted by Crippen LogP contribution is -2.30. The molecule has 0 bridgehead atoms. The zero-order chi connectivity index (χ0) is 15.4. The maximum absolute atomic E-state index is 12.4. The SMILES string of the molecule is Nc1nnc([C@@H](NC(=O)CC2CCCC2)c2ccccc2)s1. The minimum Gasteiger partial charge on any atom is -0.374 e. The maximum Gasteiger partial charge on any atom is 0.221 e. The minimum atomic E-state index is -0.273. The highest BCUT2D eigenvalue weighted by molar-refractivity contribution is 7.15. The highest BCUT2D eigenvalue weighted by Crippen LogP contribution is 2.29. The molecule has 1 aliphatic rings. The van der Waals surface area contributed by atoms with Crippen LogP contribution >= 0.6 is 11.3 Å². The topological polar surface area (TPSA) is 80.9 Å². The molecule has 1 aromatic carbocycles. The van der Waals surface area contributed by atoms with Crippen LogP contribution in [0.4, 0.5) is 5.13 Å². The molecule has 22 heavy (non-hydrogen) atoms. The Balaban J connectivity index is 1.75. The van der Waals surface area contributed by atoms with Crippen LogP contribution in [0.25, 0.3) is 0 Å². The van der Waals surface area contributed by atoms with E-state index in [2.05, 4.69) is 15.5 Å². The summed E-state index contributed by atoms with van der Waals surface area (Å²) in [5.41, 5.74) is 6.69. The van der Waals surface area contributed by atoms with Crippen molar-refractivity contribution in [2.24, 2.45) is 5.92 Å². The minimum absolute atomic E-state index is 0.0783. The number of nitrogens with two attached hydrogens (primary N) is 1. The van der Waals surface area contributed by atoms with Crippen LogP contribution in [0.1, 0.15) is 48.7 Å². The maximum atomic E-state index is 12.4. The fourth-order valence-corrected chi connectivity index (χ4v) is 3.68. The number of nitrogens with one attached hydrogen (secondary N) is 1. The van der Waals surface area contributed by atoms with E-state index in [1.807, 2.05) is 30.3 Å². The van der Waals surface area contributed by atoms with Gasteiger partial charge < -0.3 is 11.1 Å². The summed E-state index contributed by atoms with van der Waals surface area (Å²) in [4.78, 5) is 12.4. The second kappa shape index (κ2) is 6.87. The molecule has 0 spiro atoms. The van der Waals surface area contributed by atoms with Crippen LogP contribution in [-0.4, -0.2) is 16.1 Å². The average Bonchev–Trinajstić information content (AvgIpc) is 3.17. The lowest BCUT2D eigenvalue weighted by atomic mass is 10.0. The summed E-state index contributed by atoms with van der Waals surface area (Å²) in [6.07, 6.45) is 5.40. The van der Waals surface area contributed by atoms with Gasteiger partial charge in [0, 0.05) is 6.42 Å². The molecule has 3 rings (SSSR count). The number of amides is 1. The first kappa shape index (κ1) is 15.0. The highest BCUT2D eigenvalue weighted by Gasteiger charge is 2.24. The molecule has 5 nitrogen and oxygen atoms in total. The Labute approximate surface area is 134 Å². The fourth-order valence-electron chi connectivity index (χ4n) is 2.99. The Morgan fingerprint density at radius 1 is 1.27 bits per heavy atom. The van der Waals surface area contributed by atoms with Crippen molar-refractivity contribution in [3.63, 3.8) is 0 Å². The number of carbonyl (C=O) groups excluding carboxylic acids is 1. The van der Waals surface area contributed by atoms with Gasteiger partial charge in [-0.15, -0.1) is 10.2 Å². The standard InChI is InChI=1S/C16H20N4OS/c17-16-20-19-15(22-16)14(12-8-2-1-3-9-12)18-13(21)10-11-6-4-5-7-11/h1-3,8-9,11,14H,4-7,10H2,(H2,17,20)(H,18,21)/t14-/m0/s1. The van der Waals surface area contributed by atoms with Gasteiger partial charge in [-0.3, -0.25) is 4.79 Å². The summed E-state index contributed by atoms with van der Waals surface area (Å²) in [7, 11) is 0. The first-order chi connectivity index (χ1) is 10.7. The van der Waals surface area contributed by atoms with Gasteiger partial charge in [0.2, 0.25) is 11.0 Å². The van der Waals surface area contributed by atoms with Gasteiger partial charge in [0.05, 0.1) is 0 Å². The molecule has 0 unspecified atom stereocenters. The van der Waals surface area contributed by atoms with Gasteiger partial charge in [-0.1, -0.05) is 54.5 Å². The molecule has 116 valence electrons. The van der Waals surface area contributed by atoms with Gasteiger partial charge in [0.1, 0.15) is 11.0 Å². The van der Waals surface area contributed by atoms with Crippen molar-refractivity contribution in [1.29, 1.82) is 0 Å². The van der Waals surface area contributed by atoms with Gasteiger partial charge in [0.25, 0.3) is 0 Å². The smallest absolute Gasteiger partial charge is 0.221 e. The van der Waals surface area contributed by atoms with Crippen molar-refractivity contribution in [2.45, 2.75) is 38.1 Å². The molecular formula is C16H20N4OS. The number of nitrogens with zero attached hydrogens (tertiary/aromatic N) is 2. The molecule has 1 saturated carbocycles. The van der Waals surface area contributed by atoms with Gasteiger partial charge in [-0.25, -0.2) is 0 Å². The number of carbonyl (C=O) groups is 1. The Morgan fingerprint density at radius 3 is 2.64 bits per heavy atom. The Bertz CT molecular complexity index is 622. The van der Waals surface area contributed by atoms with Crippen LogP contribution in [0.15, 0.2) is 30.3 Å². The van der Waals surface area contributed by atoms with Gasteiger partial charge >= 0.3 is 0 Å². The van der Waals surface area contributed by atoms with Crippen LogP contribution in [0.3, 0.4) is 0 Å². The summed E-state index contributed by atoms with van der Waals surface area (Å²) >= 11 is 1.32. The van der Waals surface area contributed by atoms with E-state index < -0.39 is 0 Å². The molecule has 0 saturated heterocycles. The lowest BCUT2D eigenvalue weighted by Gasteiger charge is -2.18. The number of benzene rings is 1. The molecule has 1 heterocycles. The lowest BCUT2D eigenvalue weighted by molar-refractivity contribution is -0.122. The first-order valence-electron chi connectivity index (χ1n) is 7.65. The quantitative estimate of drug-likeness (QED) is 0.888. The molecule has 1 aromatic heterocycles. The van der Waals surface area contributed by atoms with Crippen molar-refractivity contribution in [1.82, 2.24) is 15.5 Å². The zero-order valence-electron chi connectivity index (χ0n) is 12.4. The second-order valence-corrected chi connectivity index (χ2v) is 6.79. The number of anilines is 1. The van der Waals surface area contributed by atoms with E-state index >= 15 is 0 Å². The average molecular weight is 316 g/mol. The number of hydrogen-bond donors (Lipinski definition) is 2. The first-order valence-corrected chi connectivity index (χ1v) is 8.47. The van der Waals surface area contributed by atoms with Gasteiger partial charge in [0.15, 0.2) is 0 Å². The predicted molar refractivity (Wildman–Crippen MR) is 87.3 cm³/mol. The predicted octanol–water partition coefficient (Wildman–Crippen LogP) is 2.91. The second-order valence-electron chi connectivity index (χ2n) is 5.74. The third kappa shape index (κ3) is 3.62. The van der Waals surface area contributed by atoms with Crippen LogP contribution in [-0.2, 0) is 4.79 Å². The summed E-state index contributed by atoms with van der Waals surface area (Å²) in [6.45, 7) is 0.